The molecule has 0 spiro atoms. The molecular weight excluding hydrogens is 368 g/mol. The Morgan fingerprint density at radius 3 is 2.76 bits per heavy atom. The Labute approximate surface area is 171 Å². The molecule has 1 aromatic carbocycles. The van der Waals surface area contributed by atoms with E-state index in [-0.39, 0.29) is 23.5 Å². The summed E-state index contributed by atoms with van der Waals surface area (Å²) < 4.78 is 6.07. The van der Waals surface area contributed by atoms with E-state index in [1.807, 2.05) is 24.3 Å². The Kier molecular flexibility index (Phi) is 6.07. The van der Waals surface area contributed by atoms with Crippen LogP contribution >= 0.6 is 0 Å². The van der Waals surface area contributed by atoms with Crippen molar-refractivity contribution in [3.63, 3.8) is 0 Å². The summed E-state index contributed by atoms with van der Waals surface area (Å²) >= 11 is 0. The van der Waals surface area contributed by atoms with Gasteiger partial charge in [0.05, 0.1) is 23.5 Å². The molecule has 0 aromatic heterocycles. The van der Waals surface area contributed by atoms with Gasteiger partial charge in [-0.1, -0.05) is 43.5 Å². The van der Waals surface area contributed by atoms with Crippen molar-refractivity contribution >= 4 is 12.0 Å². The van der Waals surface area contributed by atoms with E-state index in [0.29, 0.717) is 18.8 Å². The molecule has 2 aliphatic carbocycles. The lowest BCUT2D eigenvalue weighted by molar-refractivity contribution is 0.0696. The van der Waals surface area contributed by atoms with Crippen molar-refractivity contribution in [1.29, 1.82) is 0 Å². The van der Waals surface area contributed by atoms with Crippen LogP contribution in [-0.4, -0.2) is 39.6 Å². The highest BCUT2D eigenvalue weighted by atomic mass is 16.5. The van der Waals surface area contributed by atoms with Gasteiger partial charge in [0.1, 0.15) is 6.10 Å². The molecule has 1 heterocycles. The van der Waals surface area contributed by atoms with Crippen LogP contribution in [0.4, 0.5) is 0 Å². The van der Waals surface area contributed by atoms with Gasteiger partial charge in [0, 0.05) is 24.7 Å². The Morgan fingerprint density at radius 2 is 2.00 bits per heavy atom. The quantitative estimate of drug-likeness (QED) is 0.653. The van der Waals surface area contributed by atoms with Crippen molar-refractivity contribution in [2.75, 3.05) is 0 Å². The number of aromatic carboxylic acids is 1. The number of carbonyl (C=O) groups is 1. The van der Waals surface area contributed by atoms with Gasteiger partial charge in [-0.05, 0) is 42.5 Å². The smallest absolute Gasteiger partial charge is 0.335 e. The highest BCUT2D eigenvalue weighted by Crippen LogP contribution is 2.46. The van der Waals surface area contributed by atoms with E-state index in [9.17, 15) is 15.0 Å². The molecule has 5 unspecified atom stereocenters. The van der Waals surface area contributed by atoms with Gasteiger partial charge in [-0.25, -0.2) is 4.79 Å². The summed E-state index contributed by atoms with van der Waals surface area (Å²) in [6.45, 7) is 0. The summed E-state index contributed by atoms with van der Waals surface area (Å²) in [5.74, 6) is 0.398. The van der Waals surface area contributed by atoms with Crippen molar-refractivity contribution in [2.45, 2.75) is 63.3 Å². The Hall–Kier alpha value is -2.11. The molecule has 2 saturated carbocycles. The number of hydrogen-bond donors (Lipinski definition) is 3. The summed E-state index contributed by atoms with van der Waals surface area (Å²) in [6, 6.07) is 6.81. The fraction of sp³-hybridized carbons (Fsp3) is 0.542. The van der Waals surface area contributed by atoms with Crippen LogP contribution in [-0.2, 0) is 4.74 Å². The minimum absolute atomic E-state index is 0.0190. The van der Waals surface area contributed by atoms with Gasteiger partial charge >= 0.3 is 5.97 Å². The predicted molar refractivity (Wildman–Crippen MR) is 110 cm³/mol. The molecule has 0 radical (unpaired) electrons. The van der Waals surface area contributed by atoms with Crippen LogP contribution in [0.5, 0.6) is 0 Å². The zero-order valence-corrected chi connectivity index (χ0v) is 16.6. The lowest BCUT2D eigenvalue weighted by atomic mass is 9.84. The average Bonchev–Trinajstić information content (AvgIpc) is 3.23. The third kappa shape index (κ3) is 4.57. The third-order valence-corrected chi connectivity index (χ3v) is 6.75. The van der Waals surface area contributed by atoms with Gasteiger partial charge in [-0.15, -0.1) is 0 Å². The first-order valence-corrected chi connectivity index (χ1v) is 10.8. The van der Waals surface area contributed by atoms with Gasteiger partial charge in [-0.2, -0.15) is 0 Å². The van der Waals surface area contributed by atoms with Crippen molar-refractivity contribution < 1.29 is 24.9 Å². The van der Waals surface area contributed by atoms with Crippen LogP contribution in [0.15, 0.2) is 42.2 Å². The molecule has 5 nitrogen and oxygen atoms in total. The fourth-order valence-corrected chi connectivity index (χ4v) is 5.17. The van der Waals surface area contributed by atoms with Crippen LogP contribution in [0, 0.1) is 17.8 Å². The molecule has 3 fully saturated rings. The topological polar surface area (TPSA) is 87.0 Å². The van der Waals surface area contributed by atoms with E-state index >= 15 is 0 Å². The first-order chi connectivity index (χ1) is 14.0. The maximum absolute atomic E-state index is 11.2. The van der Waals surface area contributed by atoms with Crippen molar-refractivity contribution in [2.24, 2.45) is 17.8 Å². The SMILES string of the molecule is O=C(O)c1cccc(/C=C2/CC3C(CC(O)C3/C=C/C(O)C3CCCCC3)O2)c1. The molecule has 4 rings (SSSR count). The Morgan fingerprint density at radius 1 is 1.21 bits per heavy atom. The molecule has 5 heteroatoms. The van der Waals surface area contributed by atoms with Gasteiger partial charge < -0.3 is 20.1 Å². The van der Waals surface area contributed by atoms with E-state index in [4.69, 9.17) is 9.84 Å². The standard InChI is InChI=1S/C24H30O5/c25-21(16-6-2-1-3-7-16)10-9-19-20-13-18(29-23(20)14-22(19)26)12-15-5-4-8-17(11-15)24(27)28/h4-5,8-12,16,19-23,25-26H,1-3,6-7,13-14H2,(H,27,28)/b10-9+,18-12-. The number of allylic oxidation sites excluding steroid dienone is 1. The van der Waals surface area contributed by atoms with Crippen LogP contribution in [0.1, 0.15) is 60.9 Å². The van der Waals surface area contributed by atoms with Gasteiger partial charge in [0.15, 0.2) is 0 Å². The monoisotopic (exact) mass is 398 g/mol. The highest BCUT2D eigenvalue weighted by molar-refractivity contribution is 5.88. The van der Waals surface area contributed by atoms with Crippen molar-refractivity contribution in [1.82, 2.24) is 0 Å². The summed E-state index contributed by atoms with van der Waals surface area (Å²) in [5, 5.41) is 30.2. The second-order valence-corrected chi connectivity index (χ2v) is 8.72. The number of aliphatic hydroxyl groups excluding tert-OH is 2. The Bertz CT molecular complexity index is 792. The van der Waals surface area contributed by atoms with Crippen LogP contribution in [0.3, 0.4) is 0 Å². The van der Waals surface area contributed by atoms with Crippen molar-refractivity contribution in [3.8, 4) is 0 Å². The molecular formula is C24H30O5. The number of carboxylic acid groups (broad SMARTS) is 1. The predicted octanol–water partition coefficient (Wildman–Crippen LogP) is 4.01. The largest absolute Gasteiger partial charge is 0.494 e. The molecule has 5 atom stereocenters. The molecule has 1 aromatic rings. The van der Waals surface area contributed by atoms with Crippen LogP contribution < -0.4 is 0 Å². The summed E-state index contributed by atoms with van der Waals surface area (Å²) in [7, 11) is 0. The normalized spacial score (nSPS) is 32.4. The maximum atomic E-state index is 11.2. The lowest BCUT2D eigenvalue weighted by Gasteiger charge is -2.25. The summed E-state index contributed by atoms with van der Waals surface area (Å²) in [6.07, 6.45) is 12.0. The maximum Gasteiger partial charge on any atom is 0.335 e. The minimum atomic E-state index is -0.945. The molecule has 29 heavy (non-hydrogen) atoms. The van der Waals surface area contributed by atoms with E-state index in [1.54, 1.807) is 18.2 Å². The summed E-state index contributed by atoms with van der Waals surface area (Å²) in [5.41, 5.74) is 1.06. The van der Waals surface area contributed by atoms with Crippen LogP contribution in [0.25, 0.3) is 6.08 Å². The number of aliphatic hydroxyl groups is 2. The molecule has 3 N–H and O–H groups in total. The second kappa shape index (κ2) is 8.72. The van der Waals surface area contributed by atoms with E-state index in [0.717, 1.165) is 24.2 Å². The zero-order valence-electron chi connectivity index (χ0n) is 16.6. The number of rotatable bonds is 5. The molecule has 1 saturated heterocycles. The van der Waals surface area contributed by atoms with Gasteiger partial charge in [-0.3, -0.25) is 0 Å². The molecule has 0 amide bonds. The number of carboxylic acids is 1. The first-order valence-electron chi connectivity index (χ1n) is 10.8. The second-order valence-electron chi connectivity index (χ2n) is 8.72. The van der Waals surface area contributed by atoms with E-state index in [1.165, 1.54) is 19.3 Å². The first kappa shape index (κ1) is 20.2. The Balaban J connectivity index is 1.43. The zero-order chi connectivity index (χ0) is 20.4. The average molecular weight is 398 g/mol. The highest BCUT2D eigenvalue weighted by Gasteiger charge is 2.47. The number of benzene rings is 1. The van der Waals surface area contributed by atoms with Crippen LogP contribution in [0.2, 0.25) is 0 Å². The summed E-state index contributed by atoms with van der Waals surface area (Å²) in [4.78, 5) is 11.2. The molecule has 0 bridgehead atoms. The lowest BCUT2D eigenvalue weighted by Crippen LogP contribution is -2.22. The number of hydrogen-bond acceptors (Lipinski definition) is 4. The van der Waals surface area contributed by atoms with E-state index < -0.39 is 18.2 Å². The number of fused-ring (bicyclic) bond motifs is 1. The third-order valence-electron chi connectivity index (χ3n) is 6.75. The molecule has 156 valence electrons. The van der Waals surface area contributed by atoms with Gasteiger partial charge in [0.2, 0.25) is 0 Å². The van der Waals surface area contributed by atoms with E-state index in [2.05, 4.69) is 0 Å². The number of ether oxygens (including phenoxy) is 1. The fourth-order valence-electron chi connectivity index (χ4n) is 5.17. The van der Waals surface area contributed by atoms with Gasteiger partial charge in [0.25, 0.3) is 0 Å². The molecule has 3 aliphatic rings. The minimum Gasteiger partial charge on any atom is -0.494 e. The molecule has 1 aliphatic heterocycles. The van der Waals surface area contributed by atoms with Crippen molar-refractivity contribution in [3.05, 3.63) is 53.3 Å².